The third kappa shape index (κ3) is 4.73. The maximum absolute atomic E-state index is 14.8. The number of halogens is 3. The van der Waals surface area contributed by atoms with E-state index in [0.717, 1.165) is 24.5 Å². The average Bonchev–Trinajstić information content (AvgIpc) is 2.80. The van der Waals surface area contributed by atoms with E-state index in [0.29, 0.717) is 29.9 Å². The molecule has 0 N–H and O–H groups in total. The lowest BCUT2D eigenvalue weighted by Crippen LogP contribution is -2.27. The van der Waals surface area contributed by atoms with Gasteiger partial charge in [0.15, 0.2) is 17.9 Å². The van der Waals surface area contributed by atoms with E-state index < -0.39 is 23.7 Å². The predicted octanol–water partition coefficient (Wildman–Crippen LogP) is 7.07. The quantitative estimate of drug-likeness (QED) is 0.394. The lowest BCUT2D eigenvalue weighted by molar-refractivity contribution is -0.207. The van der Waals surface area contributed by atoms with Crippen LogP contribution < -0.4 is 0 Å². The van der Waals surface area contributed by atoms with E-state index in [9.17, 15) is 13.2 Å². The van der Waals surface area contributed by atoms with Crippen molar-refractivity contribution in [2.45, 2.75) is 19.1 Å². The van der Waals surface area contributed by atoms with Gasteiger partial charge in [-0.3, -0.25) is 0 Å². The van der Waals surface area contributed by atoms with Crippen molar-refractivity contribution in [1.29, 1.82) is 0 Å². The number of ether oxygens (including phenoxy) is 2. The summed E-state index contributed by atoms with van der Waals surface area (Å²) in [7, 11) is 0. The molecule has 0 bridgehead atoms. The molecule has 31 heavy (non-hydrogen) atoms. The van der Waals surface area contributed by atoms with Crippen LogP contribution in [0.4, 0.5) is 13.2 Å². The maximum atomic E-state index is 14.8. The molecule has 1 aliphatic rings. The third-order valence-electron chi connectivity index (χ3n) is 5.48. The molecule has 0 aromatic heterocycles. The van der Waals surface area contributed by atoms with Gasteiger partial charge in [0, 0.05) is 17.0 Å². The summed E-state index contributed by atoms with van der Waals surface area (Å²) in [6.07, 6.45) is 2.99. The Bertz CT molecular complexity index is 1050. The van der Waals surface area contributed by atoms with Crippen LogP contribution in [0.25, 0.3) is 22.3 Å². The minimum atomic E-state index is -0.890. The number of allylic oxidation sites excluding steroid dienone is 1. The van der Waals surface area contributed by atoms with Crippen LogP contribution in [0.5, 0.6) is 0 Å². The summed E-state index contributed by atoms with van der Waals surface area (Å²) in [5.74, 6) is -1.89. The van der Waals surface area contributed by atoms with Crippen LogP contribution in [0.2, 0.25) is 0 Å². The second-order valence-electron chi connectivity index (χ2n) is 7.65. The molecule has 0 amide bonds. The Kier molecular flexibility index (Phi) is 6.54. The summed E-state index contributed by atoms with van der Waals surface area (Å²) in [6, 6.07) is 15.9. The Morgan fingerprint density at radius 1 is 0.839 bits per heavy atom. The summed E-state index contributed by atoms with van der Waals surface area (Å²) in [5, 5.41) is 0. The molecule has 1 fully saturated rings. The third-order valence-corrected chi connectivity index (χ3v) is 5.48. The number of hydrogen-bond acceptors (Lipinski definition) is 2. The van der Waals surface area contributed by atoms with Gasteiger partial charge >= 0.3 is 0 Å². The fourth-order valence-electron chi connectivity index (χ4n) is 3.71. The Morgan fingerprint density at radius 3 is 2.19 bits per heavy atom. The van der Waals surface area contributed by atoms with Crippen molar-refractivity contribution in [3.63, 3.8) is 0 Å². The molecule has 0 radical (unpaired) electrons. The van der Waals surface area contributed by atoms with E-state index in [2.05, 4.69) is 6.58 Å². The summed E-state index contributed by atoms with van der Waals surface area (Å²) in [4.78, 5) is 0. The largest absolute Gasteiger partial charge is 0.348 e. The van der Waals surface area contributed by atoms with Crippen LogP contribution in [0.3, 0.4) is 0 Å². The molecular weight excluding hydrogens is 401 g/mol. The highest BCUT2D eigenvalue weighted by Gasteiger charge is 2.25. The van der Waals surface area contributed by atoms with Crippen molar-refractivity contribution in [2.75, 3.05) is 13.2 Å². The van der Waals surface area contributed by atoms with Gasteiger partial charge in [0.1, 0.15) is 5.82 Å². The van der Waals surface area contributed by atoms with E-state index in [1.807, 2.05) is 6.08 Å². The van der Waals surface area contributed by atoms with Gasteiger partial charge in [0.2, 0.25) is 0 Å². The van der Waals surface area contributed by atoms with Crippen molar-refractivity contribution in [2.24, 2.45) is 5.92 Å². The zero-order valence-corrected chi connectivity index (χ0v) is 17.0. The highest BCUT2D eigenvalue weighted by Crippen LogP contribution is 2.32. The van der Waals surface area contributed by atoms with Gasteiger partial charge in [-0.05, 0) is 41.7 Å². The summed E-state index contributed by atoms with van der Waals surface area (Å²) < 4.78 is 53.7. The first-order valence-corrected chi connectivity index (χ1v) is 10.2. The molecular formula is C26H23F3O2. The monoisotopic (exact) mass is 424 g/mol. The highest BCUT2D eigenvalue weighted by atomic mass is 19.2. The minimum absolute atomic E-state index is 0.186. The first kappa shape index (κ1) is 21.3. The molecule has 4 rings (SSSR count). The molecule has 1 aliphatic heterocycles. The second kappa shape index (κ2) is 9.50. The van der Waals surface area contributed by atoms with Crippen molar-refractivity contribution >= 4 is 0 Å². The van der Waals surface area contributed by atoms with Crippen LogP contribution in [0.1, 0.15) is 24.7 Å². The smallest absolute Gasteiger partial charge is 0.186 e. The van der Waals surface area contributed by atoms with Gasteiger partial charge < -0.3 is 9.47 Å². The molecule has 2 nitrogen and oxygen atoms in total. The Balaban J connectivity index is 1.48. The van der Waals surface area contributed by atoms with Crippen LogP contribution in [-0.4, -0.2) is 13.2 Å². The molecule has 0 atom stereocenters. The molecule has 160 valence electrons. The summed E-state index contributed by atoms with van der Waals surface area (Å²) in [5.41, 5.74) is 2.54. The van der Waals surface area contributed by atoms with E-state index >= 15 is 0 Å². The molecule has 0 saturated carbocycles. The van der Waals surface area contributed by atoms with E-state index in [1.54, 1.807) is 36.4 Å². The molecule has 0 aliphatic carbocycles. The van der Waals surface area contributed by atoms with Gasteiger partial charge in [-0.15, -0.1) is 6.58 Å². The SMILES string of the molecule is C=CCCC1COC(c2ccc(-c3ccc(-c4cccc(F)c4F)cc3)cc2F)OC1. The molecule has 3 aromatic carbocycles. The topological polar surface area (TPSA) is 18.5 Å². The second-order valence-corrected chi connectivity index (χ2v) is 7.65. The van der Waals surface area contributed by atoms with Crippen LogP contribution in [0.15, 0.2) is 73.3 Å². The van der Waals surface area contributed by atoms with Crippen molar-refractivity contribution < 1.29 is 22.6 Å². The minimum Gasteiger partial charge on any atom is -0.348 e. The van der Waals surface area contributed by atoms with E-state index in [1.165, 1.54) is 18.2 Å². The maximum Gasteiger partial charge on any atom is 0.186 e. The van der Waals surface area contributed by atoms with Crippen LogP contribution in [-0.2, 0) is 9.47 Å². The summed E-state index contributed by atoms with van der Waals surface area (Å²) in [6.45, 7) is 4.77. The van der Waals surface area contributed by atoms with Crippen molar-refractivity contribution in [1.82, 2.24) is 0 Å². The average molecular weight is 424 g/mol. The van der Waals surface area contributed by atoms with E-state index in [4.69, 9.17) is 9.47 Å². The van der Waals surface area contributed by atoms with Gasteiger partial charge in [-0.25, -0.2) is 13.2 Å². The standard InChI is InChI=1S/C26H23F3O2/c1-2-3-5-17-15-30-26(31-16-17)22-13-12-20(14-24(22)28)18-8-10-19(11-9-18)21-6-4-7-23(27)25(21)29/h2,4,6-14,17,26H,1,3,5,15-16H2. The van der Waals surface area contributed by atoms with Gasteiger partial charge in [-0.1, -0.05) is 54.6 Å². The molecule has 1 heterocycles. The van der Waals surface area contributed by atoms with Crippen molar-refractivity contribution in [3.8, 4) is 22.3 Å². The highest BCUT2D eigenvalue weighted by molar-refractivity contribution is 5.71. The summed E-state index contributed by atoms with van der Waals surface area (Å²) >= 11 is 0. The molecule has 5 heteroatoms. The predicted molar refractivity (Wildman–Crippen MR) is 115 cm³/mol. The normalized spacial score (nSPS) is 18.7. The Morgan fingerprint density at radius 2 is 1.52 bits per heavy atom. The Hall–Kier alpha value is -2.89. The number of hydrogen-bond donors (Lipinski definition) is 0. The zero-order valence-electron chi connectivity index (χ0n) is 17.0. The Labute approximate surface area is 179 Å². The van der Waals surface area contributed by atoms with Crippen LogP contribution >= 0.6 is 0 Å². The zero-order chi connectivity index (χ0) is 21.8. The first-order valence-electron chi connectivity index (χ1n) is 10.2. The lowest BCUT2D eigenvalue weighted by atomic mass is 9.98. The van der Waals surface area contributed by atoms with E-state index in [-0.39, 0.29) is 11.5 Å². The fourth-order valence-corrected chi connectivity index (χ4v) is 3.71. The number of benzene rings is 3. The van der Waals surface area contributed by atoms with Crippen LogP contribution in [0, 0.1) is 23.4 Å². The number of rotatable bonds is 6. The van der Waals surface area contributed by atoms with Gasteiger partial charge in [0.05, 0.1) is 13.2 Å². The molecule has 1 saturated heterocycles. The molecule has 3 aromatic rings. The fraction of sp³-hybridized carbons (Fsp3) is 0.231. The molecule has 0 unspecified atom stereocenters. The lowest BCUT2D eigenvalue weighted by Gasteiger charge is -2.29. The molecule has 0 spiro atoms. The van der Waals surface area contributed by atoms with Gasteiger partial charge in [-0.2, -0.15) is 0 Å². The van der Waals surface area contributed by atoms with Gasteiger partial charge in [0.25, 0.3) is 0 Å². The van der Waals surface area contributed by atoms with Crippen molar-refractivity contribution in [3.05, 3.63) is 96.3 Å². The first-order chi connectivity index (χ1) is 15.1.